The fraction of sp³-hybridized carbons (Fsp3) is 0.129. The molecule has 37 heavy (non-hydrogen) atoms. The molecule has 4 aromatic rings. The van der Waals surface area contributed by atoms with Gasteiger partial charge in [-0.1, -0.05) is 72.6 Å². The molecule has 2 N–H and O–H groups in total. The molecule has 1 aliphatic carbocycles. The van der Waals surface area contributed by atoms with E-state index < -0.39 is 5.97 Å². The van der Waals surface area contributed by atoms with Gasteiger partial charge in [-0.2, -0.15) is 10.4 Å². The highest BCUT2D eigenvalue weighted by Crippen LogP contribution is 2.47. The summed E-state index contributed by atoms with van der Waals surface area (Å²) in [7, 11) is 0. The van der Waals surface area contributed by atoms with Crippen LogP contribution in [0.25, 0.3) is 28.3 Å². The number of H-pyrrole nitrogens is 1. The van der Waals surface area contributed by atoms with Gasteiger partial charge in [0.05, 0.1) is 17.8 Å². The maximum atomic E-state index is 11.0. The number of aromatic nitrogens is 2. The van der Waals surface area contributed by atoms with Crippen LogP contribution < -0.4 is 0 Å². The van der Waals surface area contributed by atoms with Gasteiger partial charge in [-0.15, -0.1) is 0 Å². The number of halogens is 1. The number of hydrogen-bond acceptors (Lipinski definition) is 3. The van der Waals surface area contributed by atoms with Gasteiger partial charge in [0.1, 0.15) is 0 Å². The summed E-state index contributed by atoms with van der Waals surface area (Å²) >= 11 is 6.78. The molecule has 1 saturated carbocycles. The first kappa shape index (κ1) is 24.3. The van der Waals surface area contributed by atoms with E-state index in [2.05, 4.69) is 40.5 Å². The van der Waals surface area contributed by atoms with E-state index in [1.54, 1.807) is 18.3 Å². The average molecular weight is 506 g/mol. The van der Waals surface area contributed by atoms with Crippen molar-refractivity contribution in [3.05, 3.63) is 118 Å². The van der Waals surface area contributed by atoms with E-state index in [9.17, 15) is 10.1 Å². The lowest BCUT2D eigenvalue weighted by Crippen LogP contribution is -2.15. The Morgan fingerprint density at radius 3 is 2.27 bits per heavy atom. The quantitative estimate of drug-likeness (QED) is 0.201. The molecule has 5 nitrogen and oxygen atoms in total. The van der Waals surface area contributed by atoms with Gasteiger partial charge >= 0.3 is 5.97 Å². The number of nitrogens with zero attached hydrogens (tertiary/aromatic N) is 2. The van der Waals surface area contributed by atoms with Crippen LogP contribution in [-0.2, 0) is 4.79 Å². The highest BCUT2D eigenvalue weighted by Gasteiger charge is 2.28. The first-order valence-electron chi connectivity index (χ1n) is 12.1. The number of carbonyl (C=O) groups is 1. The van der Waals surface area contributed by atoms with Gasteiger partial charge in [0.25, 0.3) is 0 Å². The highest BCUT2D eigenvalue weighted by atomic mass is 35.5. The molecule has 1 heterocycles. The zero-order valence-electron chi connectivity index (χ0n) is 20.0. The minimum absolute atomic E-state index is 0.348. The van der Waals surface area contributed by atoms with Crippen molar-refractivity contribution in [1.29, 1.82) is 5.26 Å². The van der Waals surface area contributed by atoms with Crippen LogP contribution >= 0.6 is 11.6 Å². The molecule has 0 radical (unpaired) electrons. The second-order valence-corrected chi connectivity index (χ2v) is 9.49. The van der Waals surface area contributed by atoms with E-state index in [-0.39, 0.29) is 0 Å². The van der Waals surface area contributed by atoms with Crippen molar-refractivity contribution in [3.63, 3.8) is 0 Å². The third kappa shape index (κ3) is 5.25. The van der Waals surface area contributed by atoms with Gasteiger partial charge in [-0.3, -0.25) is 5.10 Å². The monoisotopic (exact) mass is 505 g/mol. The molecule has 0 aliphatic heterocycles. The number of aromatic amines is 1. The lowest BCUT2D eigenvalue weighted by Gasteiger charge is -2.32. The van der Waals surface area contributed by atoms with Crippen molar-refractivity contribution < 1.29 is 9.90 Å². The Hall–Kier alpha value is -4.40. The Kier molecular flexibility index (Phi) is 7.02. The van der Waals surface area contributed by atoms with E-state index in [1.165, 1.54) is 5.57 Å². The number of carboxylic acid groups (broad SMARTS) is 1. The number of benzene rings is 3. The van der Waals surface area contributed by atoms with Gasteiger partial charge in [0.15, 0.2) is 0 Å². The molecular weight excluding hydrogens is 482 g/mol. The zero-order chi connectivity index (χ0) is 25.8. The van der Waals surface area contributed by atoms with Crippen LogP contribution in [0, 0.1) is 17.2 Å². The Balaban J connectivity index is 1.70. The van der Waals surface area contributed by atoms with Crippen LogP contribution in [0.15, 0.2) is 85.2 Å². The van der Waals surface area contributed by atoms with Crippen LogP contribution in [-0.4, -0.2) is 21.3 Å². The molecule has 3 aromatic carbocycles. The van der Waals surface area contributed by atoms with Crippen molar-refractivity contribution in [1.82, 2.24) is 10.2 Å². The smallest absolute Gasteiger partial charge is 0.328 e. The normalized spacial score (nSPS) is 14.2. The van der Waals surface area contributed by atoms with Gasteiger partial charge in [-0.05, 0) is 75.9 Å². The van der Waals surface area contributed by atoms with Crippen LogP contribution in [0.1, 0.15) is 47.1 Å². The van der Waals surface area contributed by atoms with Crippen molar-refractivity contribution in [2.75, 3.05) is 0 Å². The third-order valence-electron chi connectivity index (χ3n) is 6.79. The number of rotatable bonds is 7. The molecule has 0 bridgehead atoms. The number of aliphatic carboxylic acids is 1. The zero-order valence-corrected chi connectivity index (χ0v) is 20.7. The van der Waals surface area contributed by atoms with Crippen LogP contribution in [0.5, 0.6) is 0 Å². The minimum atomic E-state index is -0.981. The summed E-state index contributed by atoms with van der Waals surface area (Å²) < 4.78 is 0. The first-order chi connectivity index (χ1) is 18.0. The average Bonchev–Trinajstić information content (AvgIpc) is 3.42. The molecule has 0 atom stereocenters. The standard InChI is InChI=1S/C31H24ClN3O2/c32-28-16-21(17-33)6-14-27(28)31(23-2-1-3-23)30(24-8-4-20(5-9-24)7-15-29(36)37)25-12-10-22(11-13-25)26-18-34-35-19-26/h4-16,18-19,23H,1-3H2,(H,34,35)(H,36,37)/b15-7?,31-30+. The summed E-state index contributed by atoms with van der Waals surface area (Å²) in [5.74, 6) is -0.634. The summed E-state index contributed by atoms with van der Waals surface area (Å²) in [6, 6.07) is 24.0. The number of hydrogen-bond donors (Lipinski definition) is 2. The van der Waals surface area contributed by atoms with E-state index in [1.807, 2.05) is 42.6 Å². The van der Waals surface area contributed by atoms with Crippen molar-refractivity contribution in [3.8, 4) is 17.2 Å². The maximum absolute atomic E-state index is 11.0. The molecule has 0 spiro atoms. The number of allylic oxidation sites excluding steroid dienone is 1. The Morgan fingerprint density at radius 2 is 1.73 bits per heavy atom. The van der Waals surface area contributed by atoms with Gasteiger partial charge < -0.3 is 5.11 Å². The molecule has 0 unspecified atom stereocenters. The van der Waals surface area contributed by atoms with Crippen LogP contribution in [0.3, 0.4) is 0 Å². The molecule has 1 aromatic heterocycles. The lowest BCUT2D eigenvalue weighted by atomic mass is 9.73. The Labute approximate surface area is 220 Å². The van der Waals surface area contributed by atoms with E-state index >= 15 is 0 Å². The summed E-state index contributed by atoms with van der Waals surface area (Å²) in [6.45, 7) is 0. The van der Waals surface area contributed by atoms with Gasteiger partial charge in [-0.25, -0.2) is 4.79 Å². The molecule has 6 heteroatoms. The predicted molar refractivity (Wildman–Crippen MR) is 147 cm³/mol. The molecule has 0 saturated heterocycles. The molecule has 0 amide bonds. The Morgan fingerprint density at radius 1 is 1.03 bits per heavy atom. The van der Waals surface area contributed by atoms with Crippen molar-refractivity contribution in [2.24, 2.45) is 5.92 Å². The van der Waals surface area contributed by atoms with E-state index in [4.69, 9.17) is 16.7 Å². The summed E-state index contributed by atoms with van der Waals surface area (Å²) in [5, 5.41) is 25.8. The van der Waals surface area contributed by atoms with Gasteiger partial charge in [0.2, 0.25) is 0 Å². The topological polar surface area (TPSA) is 89.8 Å². The number of carboxylic acids is 1. The summed E-state index contributed by atoms with van der Waals surface area (Å²) in [6.07, 6.45) is 9.68. The van der Waals surface area contributed by atoms with E-state index in [0.29, 0.717) is 16.5 Å². The highest BCUT2D eigenvalue weighted by molar-refractivity contribution is 6.33. The fourth-order valence-corrected chi connectivity index (χ4v) is 4.99. The summed E-state index contributed by atoms with van der Waals surface area (Å²) in [4.78, 5) is 11.0. The molecule has 182 valence electrons. The van der Waals surface area contributed by atoms with Crippen molar-refractivity contribution >= 4 is 34.8 Å². The maximum Gasteiger partial charge on any atom is 0.328 e. The summed E-state index contributed by atoms with van der Waals surface area (Å²) in [5.41, 5.74) is 8.69. The largest absolute Gasteiger partial charge is 0.478 e. The predicted octanol–water partition coefficient (Wildman–Crippen LogP) is 7.46. The molecule has 1 fully saturated rings. The fourth-order valence-electron chi connectivity index (χ4n) is 4.70. The SMILES string of the molecule is N#Cc1ccc(/C(=C(\c2ccc(C=CC(=O)O)cc2)c2ccc(-c3cn[nH]c3)cc2)C2CCC2)c(Cl)c1. The number of nitriles is 1. The first-order valence-corrected chi connectivity index (χ1v) is 12.5. The third-order valence-corrected chi connectivity index (χ3v) is 7.11. The van der Waals surface area contributed by atoms with E-state index in [0.717, 1.165) is 64.3 Å². The second kappa shape index (κ2) is 10.7. The molecular formula is C31H24ClN3O2. The van der Waals surface area contributed by atoms with Crippen LogP contribution in [0.2, 0.25) is 5.02 Å². The number of nitrogens with one attached hydrogen (secondary N) is 1. The minimum Gasteiger partial charge on any atom is -0.478 e. The molecule has 5 rings (SSSR count). The Bertz CT molecular complexity index is 1520. The lowest BCUT2D eigenvalue weighted by molar-refractivity contribution is -0.131. The van der Waals surface area contributed by atoms with Crippen LogP contribution in [0.4, 0.5) is 0 Å². The van der Waals surface area contributed by atoms with Gasteiger partial charge in [0, 0.05) is 22.9 Å². The van der Waals surface area contributed by atoms with Crippen molar-refractivity contribution in [2.45, 2.75) is 19.3 Å². The second-order valence-electron chi connectivity index (χ2n) is 9.08. The molecule has 1 aliphatic rings.